The Hall–Kier alpha value is -4.23. The van der Waals surface area contributed by atoms with Gasteiger partial charge < -0.3 is 19.5 Å². The number of aliphatic hydroxyl groups is 1. The van der Waals surface area contributed by atoms with Crippen LogP contribution in [0, 0.1) is 6.92 Å². The van der Waals surface area contributed by atoms with Crippen LogP contribution in [0.25, 0.3) is 16.9 Å². The number of rotatable bonds is 8. The van der Waals surface area contributed by atoms with E-state index in [0.717, 1.165) is 11.8 Å². The summed E-state index contributed by atoms with van der Waals surface area (Å²) in [5.74, 6) is 0.522. The molecule has 10 nitrogen and oxygen atoms in total. The Balaban J connectivity index is 1.47. The molecule has 1 fully saturated rings. The fourth-order valence-corrected chi connectivity index (χ4v) is 5.64. The summed E-state index contributed by atoms with van der Waals surface area (Å²) in [5.41, 5.74) is -0.00373. The molecule has 4 heterocycles. The zero-order valence-electron chi connectivity index (χ0n) is 24.3. The summed E-state index contributed by atoms with van der Waals surface area (Å²) in [5, 5.41) is 14.3. The van der Waals surface area contributed by atoms with E-state index in [4.69, 9.17) is 9.47 Å². The van der Waals surface area contributed by atoms with Gasteiger partial charge in [-0.2, -0.15) is 18.3 Å². The number of piperazine rings is 1. The number of aliphatic hydroxyl groups excluding tert-OH is 1. The molecule has 4 aromatic rings. The molecule has 0 aliphatic carbocycles. The quantitative estimate of drug-likeness (QED) is 0.318. The van der Waals surface area contributed by atoms with Crippen molar-refractivity contribution in [3.05, 3.63) is 71.2 Å². The van der Waals surface area contributed by atoms with E-state index in [9.17, 15) is 23.1 Å². The monoisotopic (exact) mass is 598 g/mol. The van der Waals surface area contributed by atoms with Crippen LogP contribution in [0.5, 0.6) is 11.6 Å². The summed E-state index contributed by atoms with van der Waals surface area (Å²) in [6.45, 7) is 6.40. The maximum atomic E-state index is 14.3. The number of ether oxygens (including phenoxy) is 2. The molecule has 2 atom stereocenters. The smallest absolute Gasteiger partial charge is 0.433 e. The Bertz CT molecular complexity index is 1610. The number of alkyl halides is 3. The molecule has 228 valence electrons. The van der Waals surface area contributed by atoms with Crippen molar-refractivity contribution in [3.8, 4) is 22.9 Å². The van der Waals surface area contributed by atoms with E-state index in [0.29, 0.717) is 41.4 Å². The molecule has 3 aromatic heterocycles. The second-order valence-electron chi connectivity index (χ2n) is 10.3. The number of aromatic nitrogens is 4. The lowest BCUT2D eigenvalue weighted by atomic mass is 10.0. The fourth-order valence-electron chi connectivity index (χ4n) is 5.64. The molecule has 0 spiro atoms. The van der Waals surface area contributed by atoms with Gasteiger partial charge in [0.1, 0.15) is 11.3 Å². The first-order chi connectivity index (χ1) is 20.6. The van der Waals surface area contributed by atoms with Crippen molar-refractivity contribution in [1.82, 2.24) is 29.4 Å². The normalized spacial score (nSPS) is 16.8. The third-order valence-electron chi connectivity index (χ3n) is 7.72. The zero-order chi connectivity index (χ0) is 30.9. The van der Waals surface area contributed by atoms with Gasteiger partial charge in [-0.1, -0.05) is 6.07 Å². The van der Waals surface area contributed by atoms with Gasteiger partial charge in [0.05, 0.1) is 38.3 Å². The molecule has 1 amide bonds. The molecule has 1 N–H and O–H groups in total. The molecule has 0 bridgehead atoms. The molecule has 1 saturated heterocycles. The number of hydrogen-bond donors (Lipinski definition) is 1. The van der Waals surface area contributed by atoms with E-state index >= 15 is 0 Å². The summed E-state index contributed by atoms with van der Waals surface area (Å²) in [7, 11) is 1.50. The van der Waals surface area contributed by atoms with Crippen LogP contribution in [0.1, 0.15) is 47.1 Å². The Labute approximate surface area is 246 Å². The highest BCUT2D eigenvalue weighted by molar-refractivity contribution is 6.00. The molecular weight excluding hydrogens is 565 g/mol. The van der Waals surface area contributed by atoms with Gasteiger partial charge in [0.2, 0.25) is 5.88 Å². The second-order valence-corrected chi connectivity index (χ2v) is 10.3. The number of benzene rings is 1. The topological polar surface area (TPSA) is 105 Å². The average molecular weight is 599 g/mol. The number of nitrogens with zero attached hydrogens (tertiary/aromatic N) is 6. The van der Waals surface area contributed by atoms with Crippen molar-refractivity contribution in [3.63, 3.8) is 0 Å². The molecule has 1 aliphatic heterocycles. The fraction of sp³-hybridized carbons (Fsp3) is 0.400. The maximum Gasteiger partial charge on any atom is 0.433 e. The predicted molar refractivity (Wildman–Crippen MR) is 152 cm³/mol. The number of methoxy groups -OCH3 is 1. The number of pyridine rings is 1. The van der Waals surface area contributed by atoms with E-state index in [1.165, 1.54) is 14.0 Å². The van der Waals surface area contributed by atoms with Crippen LogP contribution in [-0.2, 0) is 6.18 Å². The molecule has 0 unspecified atom stereocenters. The first-order valence-corrected chi connectivity index (χ1v) is 13.9. The van der Waals surface area contributed by atoms with Crippen LogP contribution in [-0.4, -0.2) is 86.4 Å². The highest BCUT2D eigenvalue weighted by Crippen LogP contribution is 2.37. The lowest BCUT2D eigenvalue weighted by Gasteiger charge is -2.43. The number of carbonyl (C=O) groups is 1. The van der Waals surface area contributed by atoms with Crippen LogP contribution in [0.4, 0.5) is 13.2 Å². The Morgan fingerprint density at radius 3 is 2.56 bits per heavy atom. The Kier molecular flexibility index (Phi) is 8.56. The highest BCUT2D eigenvalue weighted by Gasteiger charge is 2.40. The molecular formula is C30H33F3N6O4. The Morgan fingerprint density at radius 1 is 1.19 bits per heavy atom. The number of carbonyl (C=O) groups excluding carboxylic acids is 1. The zero-order valence-corrected chi connectivity index (χ0v) is 24.3. The van der Waals surface area contributed by atoms with Crippen LogP contribution >= 0.6 is 0 Å². The van der Waals surface area contributed by atoms with Gasteiger partial charge in [-0.25, -0.2) is 14.5 Å². The predicted octanol–water partition coefficient (Wildman–Crippen LogP) is 4.41. The molecule has 1 aliphatic rings. The largest absolute Gasteiger partial charge is 0.497 e. The van der Waals surface area contributed by atoms with Crippen LogP contribution < -0.4 is 9.47 Å². The standard InChI is InChI=1S/C30H33F3N6O4/c1-5-43-28-22(7-6-12-34-28)24(17-40)37-13-14-38(18(2)16-37)29(41)23-15-35-39-26(30(31,32)33)19(3)25(36-27(23)39)20-8-10-21(42-4)11-9-20/h6-12,15,18,24,40H,5,13-14,16-17H2,1-4H3/t18-,24-/m1/s1. The maximum absolute atomic E-state index is 14.3. The molecule has 13 heteroatoms. The minimum absolute atomic E-state index is 0.0230. The molecule has 0 saturated carbocycles. The summed E-state index contributed by atoms with van der Waals surface area (Å²) in [6, 6.07) is 9.43. The Morgan fingerprint density at radius 2 is 1.93 bits per heavy atom. The van der Waals surface area contributed by atoms with E-state index in [2.05, 4.69) is 20.0 Å². The number of fused-ring (bicyclic) bond motifs is 1. The van der Waals surface area contributed by atoms with Crippen molar-refractivity contribution in [2.24, 2.45) is 0 Å². The molecule has 1 aromatic carbocycles. The first-order valence-electron chi connectivity index (χ1n) is 13.9. The van der Waals surface area contributed by atoms with Crippen molar-refractivity contribution < 1.29 is 32.5 Å². The summed E-state index contributed by atoms with van der Waals surface area (Å²) in [4.78, 5) is 26.4. The van der Waals surface area contributed by atoms with Crippen LogP contribution in [0.15, 0.2) is 48.8 Å². The number of amides is 1. The van der Waals surface area contributed by atoms with Crippen molar-refractivity contribution >= 4 is 11.6 Å². The van der Waals surface area contributed by atoms with Gasteiger partial charge in [-0.15, -0.1) is 0 Å². The molecule has 43 heavy (non-hydrogen) atoms. The summed E-state index contributed by atoms with van der Waals surface area (Å²) >= 11 is 0. The van der Waals surface area contributed by atoms with Gasteiger partial charge in [0.25, 0.3) is 5.91 Å². The van der Waals surface area contributed by atoms with Gasteiger partial charge >= 0.3 is 6.18 Å². The van der Waals surface area contributed by atoms with E-state index < -0.39 is 23.8 Å². The average Bonchev–Trinajstić information content (AvgIpc) is 3.40. The molecule has 0 radical (unpaired) electrons. The van der Waals surface area contributed by atoms with Gasteiger partial charge in [-0.3, -0.25) is 9.69 Å². The lowest BCUT2D eigenvalue weighted by Crippen LogP contribution is -2.55. The summed E-state index contributed by atoms with van der Waals surface area (Å²) in [6.07, 6.45) is -1.97. The number of hydrogen-bond acceptors (Lipinski definition) is 8. The molecule has 5 rings (SSSR count). The van der Waals surface area contributed by atoms with Crippen molar-refractivity contribution in [2.45, 2.75) is 39.0 Å². The first kappa shape index (κ1) is 30.2. The van der Waals surface area contributed by atoms with Gasteiger partial charge in [0.15, 0.2) is 11.3 Å². The highest BCUT2D eigenvalue weighted by atomic mass is 19.4. The minimum Gasteiger partial charge on any atom is -0.497 e. The second kappa shape index (κ2) is 12.2. The van der Waals surface area contributed by atoms with E-state index in [-0.39, 0.29) is 41.7 Å². The van der Waals surface area contributed by atoms with Crippen molar-refractivity contribution in [1.29, 1.82) is 0 Å². The number of halogens is 3. The SMILES string of the molecule is CCOc1ncccc1[C@@H](CO)N1CCN(C(=O)c2cnn3c(C(F)(F)F)c(C)c(-c4ccc(OC)cc4)nc23)[C@H](C)C1. The minimum atomic E-state index is -4.75. The summed E-state index contributed by atoms with van der Waals surface area (Å²) < 4.78 is 54.6. The van der Waals surface area contributed by atoms with Gasteiger partial charge in [-0.05, 0) is 51.1 Å². The van der Waals surface area contributed by atoms with E-state index in [1.807, 2.05) is 19.9 Å². The van der Waals surface area contributed by atoms with E-state index in [1.54, 1.807) is 41.4 Å². The van der Waals surface area contributed by atoms with Crippen LogP contribution in [0.3, 0.4) is 0 Å². The van der Waals surface area contributed by atoms with Gasteiger partial charge in [0, 0.05) is 48.6 Å². The third-order valence-corrected chi connectivity index (χ3v) is 7.72. The van der Waals surface area contributed by atoms with Crippen LogP contribution in [0.2, 0.25) is 0 Å². The lowest BCUT2D eigenvalue weighted by molar-refractivity contribution is -0.143. The third kappa shape index (κ3) is 5.74. The van der Waals surface area contributed by atoms with Crippen molar-refractivity contribution in [2.75, 3.05) is 40.0 Å².